The monoisotopic (exact) mass is 383 g/mol. The Bertz CT molecular complexity index is 834. The van der Waals surface area contributed by atoms with Crippen molar-refractivity contribution in [2.45, 2.75) is 31.1 Å². The fourth-order valence-electron chi connectivity index (χ4n) is 2.68. The lowest BCUT2D eigenvalue weighted by Crippen LogP contribution is -2.47. The van der Waals surface area contributed by atoms with Crippen LogP contribution in [0.4, 0.5) is 0 Å². The topological polar surface area (TPSA) is 177 Å². The zero-order chi connectivity index (χ0) is 19.8. The first-order valence-electron chi connectivity index (χ1n) is 7.93. The molecule has 4 N–H and O–H groups in total. The van der Waals surface area contributed by atoms with E-state index in [-0.39, 0.29) is 12.4 Å². The second kappa shape index (κ2) is 7.17. The summed E-state index contributed by atoms with van der Waals surface area (Å²) in [5.74, 6) is -4.89. The van der Waals surface area contributed by atoms with E-state index in [2.05, 4.69) is 10.3 Å². The molecule has 2 aromatic rings. The second-order valence-corrected chi connectivity index (χ2v) is 5.66. The van der Waals surface area contributed by atoms with Gasteiger partial charge in [-0.3, -0.25) is 4.79 Å². The van der Waals surface area contributed by atoms with Crippen LogP contribution in [-0.4, -0.2) is 78.7 Å². The molecule has 0 unspecified atom stereocenters. The Morgan fingerprint density at radius 2 is 2.15 bits per heavy atom. The van der Waals surface area contributed by atoms with Crippen molar-refractivity contribution in [2.75, 3.05) is 13.2 Å². The molecule has 12 nitrogen and oxygen atoms in total. The highest BCUT2D eigenvalue weighted by Crippen LogP contribution is 2.34. The summed E-state index contributed by atoms with van der Waals surface area (Å²) in [4.78, 5) is 24.9. The van der Waals surface area contributed by atoms with Gasteiger partial charge in [0.15, 0.2) is 17.6 Å². The Labute approximate surface area is 151 Å². The standard InChI is InChI=1S/C15H17N3O9/c1-2-25-14(23)9-10(11(20)7-4-3-5-26-7)18(17-16-9)15(24)13(22)12(21)8(6-19)27-15/h3-5,8,12-13,19,21-22,24H,2,6H2,1H3/t8-,12-,13-,15+/m1/s1. The first kappa shape index (κ1) is 19.1. The van der Waals surface area contributed by atoms with Crippen LogP contribution < -0.4 is 0 Å². The maximum absolute atomic E-state index is 12.8. The number of carbonyl (C=O) groups excluding carboxylic acids is 2. The molecule has 0 aliphatic carbocycles. The van der Waals surface area contributed by atoms with Crippen molar-refractivity contribution in [1.82, 2.24) is 15.0 Å². The Balaban J connectivity index is 2.13. The highest BCUT2D eigenvalue weighted by atomic mass is 16.7. The first-order chi connectivity index (χ1) is 12.8. The quantitative estimate of drug-likeness (QED) is 0.320. The third kappa shape index (κ3) is 3.02. The first-order valence-corrected chi connectivity index (χ1v) is 7.93. The molecule has 1 saturated heterocycles. The number of rotatable bonds is 6. The van der Waals surface area contributed by atoms with Crippen LogP contribution in [0.2, 0.25) is 0 Å². The number of aromatic nitrogens is 3. The molecule has 0 radical (unpaired) electrons. The van der Waals surface area contributed by atoms with E-state index in [0.717, 1.165) is 0 Å². The molecule has 0 saturated carbocycles. The predicted molar refractivity (Wildman–Crippen MR) is 82.3 cm³/mol. The van der Waals surface area contributed by atoms with E-state index in [4.69, 9.17) is 13.9 Å². The molecular weight excluding hydrogens is 366 g/mol. The molecule has 27 heavy (non-hydrogen) atoms. The number of ketones is 1. The minimum Gasteiger partial charge on any atom is -0.461 e. The van der Waals surface area contributed by atoms with Crippen LogP contribution in [0.1, 0.15) is 33.7 Å². The zero-order valence-electron chi connectivity index (χ0n) is 14.1. The van der Waals surface area contributed by atoms with Gasteiger partial charge in [-0.2, -0.15) is 4.68 Å². The maximum Gasteiger partial charge on any atom is 0.361 e. The van der Waals surface area contributed by atoms with Crippen LogP contribution in [0.15, 0.2) is 22.8 Å². The van der Waals surface area contributed by atoms with Gasteiger partial charge in [0.25, 0.3) is 0 Å². The van der Waals surface area contributed by atoms with Gasteiger partial charge in [-0.05, 0) is 19.1 Å². The summed E-state index contributed by atoms with van der Waals surface area (Å²) < 4.78 is 15.4. The largest absolute Gasteiger partial charge is 0.461 e. The highest BCUT2D eigenvalue weighted by molar-refractivity contribution is 6.11. The summed E-state index contributed by atoms with van der Waals surface area (Å²) in [6.07, 6.45) is -3.85. The Hall–Kier alpha value is -2.64. The van der Waals surface area contributed by atoms with Crippen LogP contribution in [0.3, 0.4) is 0 Å². The molecule has 0 bridgehead atoms. The molecule has 3 heterocycles. The third-order valence-electron chi connectivity index (χ3n) is 4.00. The van der Waals surface area contributed by atoms with Crippen molar-refractivity contribution in [2.24, 2.45) is 0 Å². The summed E-state index contributed by atoms with van der Waals surface area (Å²) >= 11 is 0. The molecule has 3 rings (SSSR count). The van der Waals surface area contributed by atoms with Gasteiger partial charge in [-0.25, -0.2) is 4.79 Å². The van der Waals surface area contributed by atoms with Gasteiger partial charge in [0.1, 0.15) is 12.2 Å². The molecule has 1 fully saturated rings. The van der Waals surface area contributed by atoms with Gasteiger partial charge in [0.2, 0.25) is 11.5 Å². The van der Waals surface area contributed by atoms with E-state index >= 15 is 0 Å². The normalized spacial score (nSPS) is 27.7. The van der Waals surface area contributed by atoms with Crippen LogP contribution in [0.25, 0.3) is 0 Å². The summed E-state index contributed by atoms with van der Waals surface area (Å²) in [5.41, 5.74) is -1.14. The maximum atomic E-state index is 12.8. The van der Waals surface area contributed by atoms with Gasteiger partial charge >= 0.3 is 11.9 Å². The Morgan fingerprint density at radius 1 is 1.41 bits per heavy atom. The van der Waals surface area contributed by atoms with E-state index in [0.29, 0.717) is 4.68 Å². The summed E-state index contributed by atoms with van der Waals surface area (Å²) in [6.45, 7) is 0.784. The molecule has 0 aromatic carbocycles. The van der Waals surface area contributed by atoms with Crippen molar-refractivity contribution >= 4 is 11.8 Å². The molecule has 1 aliphatic heterocycles. The van der Waals surface area contributed by atoms with E-state index < -0.39 is 54.0 Å². The van der Waals surface area contributed by atoms with Crippen molar-refractivity contribution in [1.29, 1.82) is 0 Å². The summed E-state index contributed by atoms with van der Waals surface area (Å²) in [6, 6.07) is 2.72. The molecule has 2 aromatic heterocycles. The fraction of sp³-hybridized carbons (Fsp3) is 0.467. The van der Waals surface area contributed by atoms with Gasteiger partial charge in [-0.1, -0.05) is 5.21 Å². The molecule has 146 valence electrons. The van der Waals surface area contributed by atoms with Crippen molar-refractivity contribution in [3.05, 3.63) is 35.5 Å². The minimum atomic E-state index is -2.78. The smallest absolute Gasteiger partial charge is 0.361 e. The molecule has 0 spiro atoms. The number of hydrogen-bond donors (Lipinski definition) is 4. The second-order valence-electron chi connectivity index (χ2n) is 5.66. The molecular formula is C15H17N3O9. The van der Waals surface area contributed by atoms with Crippen molar-refractivity contribution in [3.8, 4) is 0 Å². The predicted octanol–water partition coefficient (Wildman–Crippen LogP) is -2.01. The van der Waals surface area contributed by atoms with E-state index in [1.807, 2.05) is 0 Å². The fourth-order valence-corrected chi connectivity index (χ4v) is 2.68. The van der Waals surface area contributed by atoms with Crippen LogP contribution >= 0.6 is 0 Å². The lowest BCUT2D eigenvalue weighted by molar-refractivity contribution is -0.295. The lowest BCUT2D eigenvalue weighted by atomic mass is 10.1. The average Bonchev–Trinajstić information content (AvgIpc) is 3.37. The Morgan fingerprint density at radius 3 is 2.70 bits per heavy atom. The van der Waals surface area contributed by atoms with Crippen LogP contribution in [0, 0.1) is 0 Å². The zero-order valence-corrected chi connectivity index (χ0v) is 14.1. The SMILES string of the molecule is CCOC(=O)c1nnn([C@@]2(O)O[C@H](CO)[C@@H](O)[C@H]2O)c1C(=O)c1ccco1. The number of hydrogen-bond acceptors (Lipinski definition) is 11. The van der Waals surface area contributed by atoms with E-state index in [9.17, 15) is 30.0 Å². The number of furan rings is 1. The average molecular weight is 383 g/mol. The van der Waals surface area contributed by atoms with Gasteiger partial charge < -0.3 is 34.3 Å². The number of ether oxygens (including phenoxy) is 2. The van der Waals surface area contributed by atoms with Gasteiger partial charge in [0, 0.05) is 0 Å². The summed E-state index contributed by atoms with van der Waals surface area (Å²) in [7, 11) is 0. The molecule has 1 aliphatic rings. The number of nitrogens with zero attached hydrogens (tertiary/aromatic N) is 3. The third-order valence-corrected chi connectivity index (χ3v) is 4.00. The number of carbonyl (C=O) groups is 2. The number of aliphatic hydroxyl groups is 4. The minimum absolute atomic E-state index is 0.0191. The van der Waals surface area contributed by atoms with E-state index in [1.54, 1.807) is 0 Å². The van der Waals surface area contributed by atoms with E-state index in [1.165, 1.54) is 25.3 Å². The Kier molecular flexibility index (Phi) is 5.08. The van der Waals surface area contributed by atoms with Crippen molar-refractivity contribution in [3.63, 3.8) is 0 Å². The van der Waals surface area contributed by atoms with Gasteiger partial charge in [0.05, 0.1) is 19.5 Å². The number of esters is 1. The lowest BCUT2D eigenvalue weighted by Gasteiger charge is -2.26. The van der Waals surface area contributed by atoms with Crippen molar-refractivity contribution < 1.29 is 43.9 Å². The number of aliphatic hydroxyl groups excluding tert-OH is 3. The van der Waals surface area contributed by atoms with Crippen LogP contribution in [-0.2, 0) is 15.4 Å². The van der Waals surface area contributed by atoms with Crippen LogP contribution in [0.5, 0.6) is 0 Å². The highest BCUT2D eigenvalue weighted by Gasteiger charge is 2.57. The summed E-state index contributed by atoms with van der Waals surface area (Å²) in [5, 5.41) is 47.1. The van der Waals surface area contributed by atoms with Gasteiger partial charge in [-0.15, -0.1) is 5.10 Å². The molecule has 0 amide bonds. The molecule has 4 atom stereocenters. The molecule has 12 heteroatoms.